The molecule has 3 heterocycles. The molecule has 2 aromatic heterocycles. The molecule has 1 aliphatic rings. The fraction of sp³-hybridized carbons (Fsp3) is 0.609. The van der Waals surface area contributed by atoms with E-state index in [2.05, 4.69) is 15.4 Å². The number of ether oxygens (including phenoxy) is 3. The summed E-state index contributed by atoms with van der Waals surface area (Å²) in [5, 5.41) is 38.1. The first-order chi connectivity index (χ1) is 17.2. The summed E-state index contributed by atoms with van der Waals surface area (Å²) in [6, 6.07) is 4.04. The number of nitrogens with one attached hydrogen (secondary N) is 1. The molecule has 1 aliphatic heterocycles. The van der Waals surface area contributed by atoms with Gasteiger partial charge in [-0.3, -0.25) is 10.1 Å². The lowest BCUT2D eigenvalue weighted by Crippen LogP contribution is -2.41. The van der Waals surface area contributed by atoms with Gasteiger partial charge >= 0.3 is 12.1 Å². The summed E-state index contributed by atoms with van der Waals surface area (Å²) < 4.78 is 17.4. The predicted molar refractivity (Wildman–Crippen MR) is 125 cm³/mol. The average Bonchev–Trinajstić information content (AvgIpc) is 3.40. The first kappa shape index (κ1) is 27.3. The summed E-state index contributed by atoms with van der Waals surface area (Å²) >= 11 is 0. The number of aromatic nitrogens is 3. The third-order valence-corrected chi connectivity index (χ3v) is 6.04. The number of carbonyl (C=O) groups is 2. The third-order valence-electron chi connectivity index (χ3n) is 6.04. The van der Waals surface area contributed by atoms with Gasteiger partial charge in [0, 0.05) is 0 Å². The minimum atomic E-state index is -2.05. The summed E-state index contributed by atoms with van der Waals surface area (Å²) in [6.07, 6.45) is -1.33. The molecule has 3 rings (SSSR count). The van der Waals surface area contributed by atoms with Crippen molar-refractivity contribution in [3.8, 4) is 6.07 Å². The second kappa shape index (κ2) is 11.6. The van der Waals surface area contributed by atoms with Crippen LogP contribution in [-0.2, 0) is 24.6 Å². The third kappa shape index (κ3) is 5.41. The van der Waals surface area contributed by atoms with Crippen LogP contribution in [0.3, 0.4) is 0 Å². The summed E-state index contributed by atoms with van der Waals surface area (Å²) in [4.78, 5) is 28.3. The van der Waals surface area contributed by atoms with E-state index in [0.717, 1.165) is 25.6 Å². The lowest BCUT2D eigenvalue weighted by atomic mass is 9.92. The molecule has 0 unspecified atom stereocenters. The predicted octanol–water partition coefficient (Wildman–Crippen LogP) is 0.834. The van der Waals surface area contributed by atoms with Gasteiger partial charge in [-0.15, -0.1) is 0 Å². The molecule has 5 N–H and O–H groups in total. The fourth-order valence-electron chi connectivity index (χ4n) is 3.81. The molecule has 196 valence electrons. The van der Waals surface area contributed by atoms with Gasteiger partial charge in [0.1, 0.15) is 48.9 Å². The SMILES string of the molecule is CCCCCOC(=O)Nc1ncnn2c([C@]3(C#N)O[C@H](COC(=O)[C@@H](N)C(C)C)[C@@H](O)[C@H]3O)ccc12. The van der Waals surface area contributed by atoms with Crippen LogP contribution in [0.1, 0.15) is 45.7 Å². The van der Waals surface area contributed by atoms with Crippen LogP contribution in [0.5, 0.6) is 0 Å². The van der Waals surface area contributed by atoms with E-state index in [0.29, 0.717) is 5.52 Å². The number of aliphatic hydroxyl groups is 2. The Hall–Kier alpha value is -3.31. The fourth-order valence-corrected chi connectivity index (χ4v) is 3.81. The van der Waals surface area contributed by atoms with Crippen LogP contribution in [0.4, 0.5) is 10.6 Å². The van der Waals surface area contributed by atoms with Gasteiger partial charge in [0.2, 0.25) is 5.60 Å². The van der Waals surface area contributed by atoms with E-state index in [-0.39, 0.29) is 24.0 Å². The highest BCUT2D eigenvalue weighted by Gasteiger charge is 2.58. The molecule has 0 saturated carbocycles. The number of rotatable bonds is 10. The summed E-state index contributed by atoms with van der Waals surface area (Å²) in [5.41, 5.74) is 4.12. The van der Waals surface area contributed by atoms with Crippen LogP contribution in [0.15, 0.2) is 18.5 Å². The van der Waals surface area contributed by atoms with Gasteiger partial charge in [-0.05, 0) is 24.5 Å². The maximum absolute atomic E-state index is 12.2. The van der Waals surface area contributed by atoms with Gasteiger partial charge in [0.15, 0.2) is 5.82 Å². The molecule has 1 saturated heterocycles. The molecule has 5 atom stereocenters. The Bertz CT molecular complexity index is 1120. The van der Waals surface area contributed by atoms with Gasteiger partial charge in [0.25, 0.3) is 0 Å². The molecule has 36 heavy (non-hydrogen) atoms. The van der Waals surface area contributed by atoms with Crippen molar-refractivity contribution >= 4 is 23.4 Å². The Kier molecular flexibility index (Phi) is 8.80. The second-order valence-electron chi connectivity index (χ2n) is 8.93. The topological polar surface area (TPSA) is 194 Å². The molecular weight excluding hydrogens is 472 g/mol. The average molecular weight is 505 g/mol. The maximum Gasteiger partial charge on any atom is 0.412 e. The minimum Gasteiger partial charge on any atom is -0.462 e. The Balaban J connectivity index is 1.81. The van der Waals surface area contributed by atoms with Gasteiger partial charge in [-0.25, -0.2) is 14.3 Å². The highest BCUT2D eigenvalue weighted by molar-refractivity contribution is 5.88. The number of fused-ring (bicyclic) bond motifs is 1. The van der Waals surface area contributed by atoms with Crippen molar-refractivity contribution in [3.05, 3.63) is 24.2 Å². The van der Waals surface area contributed by atoms with Crippen molar-refractivity contribution in [1.29, 1.82) is 5.26 Å². The summed E-state index contributed by atoms with van der Waals surface area (Å²) in [6.45, 7) is 5.39. The monoisotopic (exact) mass is 504 g/mol. The summed E-state index contributed by atoms with van der Waals surface area (Å²) in [5.74, 6) is -0.743. The lowest BCUT2D eigenvalue weighted by molar-refractivity contribution is -0.153. The van der Waals surface area contributed by atoms with Crippen LogP contribution in [0.25, 0.3) is 5.52 Å². The number of anilines is 1. The first-order valence-electron chi connectivity index (χ1n) is 11.8. The molecule has 0 bridgehead atoms. The number of aliphatic hydroxyl groups excluding tert-OH is 2. The second-order valence-corrected chi connectivity index (χ2v) is 8.93. The van der Waals surface area contributed by atoms with Crippen LogP contribution in [0, 0.1) is 17.2 Å². The quantitative estimate of drug-likeness (QED) is 0.264. The minimum absolute atomic E-state index is 0.0843. The van der Waals surface area contributed by atoms with Crippen LogP contribution in [0.2, 0.25) is 0 Å². The van der Waals surface area contributed by atoms with E-state index in [1.165, 1.54) is 16.6 Å². The molecule has 0 aliphatic carbocycles. The van der Waals surface area contributed by atoms with Crippen molar-refractivity contribution in [2.24, 2.45) is 11.7 Å². The van der Waals surface area contributed by atoms with E-state index in [4.69, 9.17) is 19.9 Å². The van der Waals surface area contributed by atoms with Crippen molar-refractivity contribution in [1.82, 2.24) is 14.6 Å². The molecule has 1 fully saturated rings. The lowest BCUT2D eigenvalue weighted by Gasteiger charge is -2.24. The molecule has 0 aromatic carbocycles. The zero-order valence-corrected chi connectivity index (χ0v) is 20.5. The Morgan fingerprint density at radius 3 is 2.75 bits per heavy atom. The normalized spacial score (nSPS) is 24.4. The van der Waals surface area contributed by atoms with Crippen LogP contribution >= 0.6 is 0 Å². The van der Waals surface area contributed by atoms with Gasteiger partial charge < -0.3 is 30.2 Å². The number of carbonyl (C=O) groups excluding carboxylic acids is 2. The van der Waals surface area contributed by atoms with E-state index in [1.54, 1.807) is 13.8 Å². The first-order valence-corrected chi connectivity index (χ1v) is 11.8. The number of amides is 1. The van der Waals surface area contributed by atoms with Crippen molar-refractivity contribution in [2.75, 3.05) is 18.5 Å². The van der Waals surface area contributed by atoms with E-state index < -0.39 is 48.6 Å². The standard InChI is InChI=1S/C23H32N6O7/c1-4-5-6-9-34-22(33)28-20-14-7-8-16(29(14)27-12-26-20)23(11-24)19(31)18(30)15(36-23)10-35-21(32)17(25)13(2)3/h7-8,12-13,15,17-19,30-31H,4-6,9-10,25H2,1-3H3,(H,26,27,28,33)/t15-,17+,18-,19-,23+/m1/s1. The van der Waals surface area contributed by atoms with Crippen molar-refractivity contribution in [3.63, 3.8) is 0 Å². The Morgan fingerprint density at radius 2 is 2.08 bits per heavy atom. The summed E-state index contributed by atoms with van der Waals surface area (Å²) in [7, 11) is 0. The Morgan fingerprint density at radius 1 is 1.33 bits per heavy atom. The van der Waals surface area contributed by atoms with E-state index >= 15 is 0 Å². The van der Waals surface area contributed by atoms with Crippen LogP contribution in [-0.4, -0.2) is 74.4 Å². The molecule has 0 radical (unpaired) electrons. The van der Waals surface area contributed by atoms with E-state index in [1.807, 2.05) is 13.0 Å². The molecule has 13 heteroatoms. The number of nitriles is 1. The molecule has 0 spiro atoms. The van der Waals surface area contributed by atoms with Crippen LogP contribution < -0.4 is 11.1 Å². The highest BCUT2D eigenvalue weighted by atomic mass is 16.6. The van der Waals surface area contributed by atoms with Gasteiger partial charge in [-0.1, -0.05) is 33.6 Å². The zero-order valence-electron chi connectivity index (χ0n) is 20.5. The van der Waals surface area contributed by atoms with Crippen molar-refractivity contribution < 1.29 is 34.0 Å². The highest BCUT2D eigenvalue weighted by Crippen LogP contribution is 2.40. The number of hydrogen-bond donors (Lipinski definition) is 4. The largest absolute Gasteiger partial charge is 0.462 e. The molecule has 13 nitrogen and oxygen atoms in total. The van der Waals surface area contributed by atoms with E-state index in [9.17, 15) is 25.1 Å². The smallest absolute Gasteiger partial charge is 0.412 e. The number of nitrogens with zero attached hydrogens (tertiary/aromatic N) is 4. The Labute approximate surface area is 208 Å². The number of nitrogens with two attached hydrogens (primary N) is 1. The number of unbranched alkanes of at least 4 members (excludes halogenated alkanes) is 2. The van der Waals surface area contributed by atoms with Gasteiger partial charge in [-0.2, -0.15) is 10.4 Å². The molecule has 2 aromatic rings. The number of hydrogen-bond acceptors (Lipinski definition) is 11. The molecule has 1 amide bonds. The number of esters is 1. The zero-order chi connectivity index (χ0) is 26.5. The van der Waals surface area contributed by atoms with Gasteiger partial charge in [0.05, 0.1) is 12.3 Å². The van der Waals surface area contributed by atoms with Crippen molar-refractivity contribution in [2.45, 2.75) is 70.0 Å². The maximum atomic E-state index is 12.2. The molecular formula is C23H32N6O7.